The molecule has 0 aromatic heterocycles. The van der Waals surface area contributed by atoms with Crippen molar-refractivity contribution in [3.8, 4) is 5.75 Å². The van der Waals surface area contributed by atoms with Crippen LogP contribution >= 0.6 is 0 Å². The Morgan fingerprint density at radius 1 is 1.47 bits per heavy atom. The first kappa shape index (κ1) is 14.0. The highest BCUT2D eigenvalue weighted by atomic mass is 16.5. The van der Waals surface area contributed by atoms with E-state index in [4.69, 9.17) is 15.2 Å². The number of benzene rings is 1. The van der Waals surface area contributed by atoms with Crippen molar-refractivity contribution in [2.75, 3.05) is 24.2 Å². The van der Waals surface area contributed by atoms with Crippen molar-refractivity contribution < 1.29 is 9.47 Å². The van der Waals surface area contributed by atoms with Crippen molar-refractivity contribution in [1.29, 1.82) is 0 Å². The fraction of sp³-hybridized carbons (Fsp3) is 0.600. The van der Waals surface area contributed by atoms with Crippen LogP contribution in [-0.2, 0) is 4.74 Å². The molecular formula is C15H24N2O2. The quantitative estimate of drug-likeness (QED) is 0.803. The van der Waals surface area contributed by atoms with Gasteiger partial charge in [-0.1, -0.05) is 6.07 Å². The molecule has 2 unspecified atom stereocenters. The molecule has 2 rings (SSSR count). The molecule has 0 spiro atoms. The van der Waals surface area contributed by atoms with Gasteiger partial charge in [0.25, 0.3) is 0 Å². The van der Waals surface area contributed by atoms with Crippen LogP contribution in [0.5, 0.6) is 5.75 Å². The second-order valence-corrected chi connectivity index (χ2v) is 5.39. The summed E-state index contributed by atoms with van der Waals surface area (Å²) in [6, 6.07) is 5.86. The van der Waals surface area contributed by atoms with Gasteiger partial charge in [-0.2, -0.15) is 0 Å². The molecule has 1 saturated heterocycles. The van der Waals surface area contributed by atoms with Crippen molar-refractivity contribution in [2.24, 2.45) is 5.92 Å². The number of rotatable bonds is 5. The lowest BCUT2D eigenvalue weighted by Gasteiger charge is -2.18. The van der Waals surface area contributed by atoms with Crippen LogP contribution in [0.4, 0.5) is 11.4 Å². The first-order chi connectivity index (χ1) is 9.08. The summed E-state index contributed by atoms with van der Waals surface area (Å²) in [7, 11) is 0. The topological polar surface area (TPSA) is 56.5 Å². The second-order valence-electron chi connectivity index (χ2n) is 5.39. The summed E-state index contributed by atoms with van der Waals surface area (Å²) in [6.07, 6.45) is 1.56. The fourth-order valence-electron chi connectivity index (χ4n) is 2.34. The van der Waals surface area contributed by atoms with Crippen LogP contribution in [0.2, 0.25) is 0 Å². The number of anilines is 2. The molecule has 1 fully saturated rings. The van der Waals surface area contributed by atoms with Gasteiger partial charge in [0.15, 0.2) is 0 Å². The van der Waals surface area contributed by atoms with Crippen molar-refractivity contribution in [2.45, 2.75) is 39.4 Å². The molecule has 1 aromatic carbocycles. The van der Waals surface area contributed by atoms with E-state index in [1.54, 1.807) is 0 Å². The molecule has 0 amide bonds. The van der Waals surface area contributed by atoms with E-state index in [1.165, 1.54) is 0 Å². The summed E-state index contributed by atoms with van der Waals surface area (Å²) >= 11 is 0. The summed E-state index contributed by atoms with van der Waals surface area (Å²) in [5.41, 5.74) is 7.76. The summed E-state index contributed by atoms with van der Waals surface area (Å²) in [5.74, 6) is 1.30. The van der Waals surface area contributed by atoms with Crippen molar-refractivity contribution in [1.82, 2.24) is 0 Å². The monoisotopic (exact) mass is 264 g/mol. The van der Waals surface area contributed by atoms with Gasteiger partial charge in [0.05, 0.1) is 23.6 Å². The van der Waals surface area contributed by atoms with E-state index in [1.807, 2.05) is 32.0 Å². The van der Waals surface area contributed by atoms with Crippen molar-refractivity contribution in [3.63, 3.8) is 0 Å². The van der Waals surface area contributed by atoms with Crippen LogP contribution in [0.15, 0.2) is 18.2 Å². The number of hydrogen-bond donors (Lipinski definition) is 2. The third kappa shape index (κ3) is 3.53. The van der Waals surface area contributed by atoms with Gasteiger partial charge in [0.1, 0.15) is 5.75 Å². The van der Waals surface area contributed by atoms with Crippen LogP contribution in [0, 0.1) is 5.92 Å². The van der Waals surface area contributed by atoms with Crippen LogP contribution in [0.3, 0.4) is 0 Å². The predicted molar refractivity (Wildman–Crippen MR) is 78.6 cm³/mol. The van der Waals surface area contributed by atoms with Gasteiger partial charge >= 0.3 is 0 Å². The minimum atomic E-state index is 0.126. The van der Waals surface area contributed by atoms with E-state index in [9.17, 15) is 0 Å². The van der Waals surface area contributed by atoms with Gasteiger partial charge in [0, 0.05) is 19.1 Å². The molecule has 0 bridgehead atoms. The third-order valence-corrected chi connectivity index (χ3v) is 3.52. The highest BCUT2D eigenvalue weighted by Gasteiger charge is 2.24. The Hall–Kier alpha value is -1.42. The minimum Gasteiger partial charge on any atom is -0.489 e. The molecule has 0 aliphatic carbocycles. The lowest BCUT2D eigenvalue weighted by molar-refractivity contribution is 0.108. The summed E-state index contributed by atoms with van der Waals surface area (Å²) < 4.78 is 11.3. The largest absolute Gasteiger partial charge is 0.489 e. The zero-order valence-corrected chi connectivity index (χ0v) is 12.0. The number of nitrogens with two attached hydrogens (primary N) is 1. The third-order valence-electron chi connectivity index (χ3n) is 3.52. The zero-order chi connectivity index (χ0) is 13.8. The molecule has 1 aliphatic rings. The average molecular weight is 264 g/mol. The molecular weight excluding hydrogens is 240 g/mol. The Labute approximate surface area is 115 Å². The number of hydrogen-bond acceptors (Lipinski definition) is 4. The molecule has 0 radical (unpaired) electrons. The molecule has 4 heteroatoms. The maximum absolute atomic E-state index is 6.13. The highest BCUT2D eigenvalue weighted by Crippen LogP contribution is 2.31. The lowest BCUT2D eigenvalue weighted by atomic mass is 10.0. The Morgan fingerprint density at radius 3 is 2.89 bits per heavy atom. The van der Waals surface area contributed by atoms with Gasteiger partial charge in [-0.05, 0) is 39.3 Å². The van der Waals surface area contributed by atoms with E-state index in [2.05, 4.69) is 12.2 Å². The lowest BCUT2D eigenvalue weighted by Crippen LogP contribution is -2.21. The fourth-order valence-corrected chi connectivity index (χ4v) is 2.34. The Kier molecular flexibility index (Phi) is 4.53. The van der Waals surface area contributed by atoms with Crippen LogP contribution < -0.4 is 15.8 Å². The molecule has 2 atom stereocenters. The standard InChI is InChI=1S/C15H24N2O2/c1-10(2)19-14-6-4-5-13(15(14)16)17-9-12-7-8-18-11(12)3/h4-6,10-12,17H,7-9,16H2,1-3H3. The van der Waals surface area contributed by atoms with Gasteiger partial charge in [-0.25, -0.2) is 0 Å². The maximum atomic E-state index is 6.13. The molecule has 0 saturated carbocycles. The van der Waals surface area contributed by atoms with E-state index in [-0.39, 0.29) is 6.10 Å². The highest BCUT2D eigenvalue weighted by molar-refractivity contribution is 5.72. The maximum Gasteiger partial charge on any atom is 0.144 e. The molecule has 1 aromatic rings. The summed E-state index contributed by atoms with van der Waals surface area (Å²) in [4.78, 5) is 0. The summed E-state index contributed by atoms with van der Waals surface area (Å²) in [5, 5.41) is 3.41. The van der Waals surface area contributed by atoms with Crippen molar-refractivity contribution in [3.05, 3.63) is 18.2 Å². The first-order valence-corrected chi connectivity index (χ1v) is 6.98. The Morgan fingerprint density at radius 2 is 2.26 bits per heavy atom. The van der Waals surface area contributed by atoms with E-state index in [0.717, 1.165) is 31.0 Å². The minimum absolute atomic E-state index is 0.126. The van der Waals surface area contributed by atoms with Crippen LogP contribution in [-0.4, -0.2) is 25.4 Å². The SMILES string of the molecule is CC(C)Oc1cccc(NCC2CCOC2C)c1N. The number of nitrogens with one attached hydrogen (secondary N) is 1. The smallest absolute Gasteiger partial charge is 0.144 e. The van der Waals surface area contributed by atoms with Gasteiger partial charge in [-0.3, -0.25) is 0 Å². The van der Waals surface area contributed by atoms with E-state index >= 15 is 0 Å². The molecule has 4 nitrogen and oxygen atoms in total. The second kappa shape index (κ2) is 6.15. The average Bonchev–Trinajstić information content (AvgIpc) is 2.76. The van der Waals surface area contributed by atoms with Gasteiger partial charge in [-0.15, -0.1) is 0 Å². The Balaban J connectivity index is 2.00. The first-order valence-electron chi connectivity index (χ1n) is 6.98. The summed E-state index contributed by atoms with van der Waals surface area (Å²) in [6.45, 7) is 7.87. The predicted octanol–water partition coefficient (Wildman–Crippen LogP) is 2.89. The molecule has 19 heavy (non-hydrogen) atoms. The molecule has 1 aliphatic heterocycles. The van der Waals surface area contributed by atoms with Crippen LogP contribution in [0.25, 0.3) is 0 Å². The molecule has 1 heterocycles. The number of ether oxygens (including phenoxy) is 2. The zero-order valence-electron chi connectivity index (χ0n) is 12.0. The number of para-hydroxylation sites is 1. The van der Waals surface area contributed by atoms with Crippen molar-refractivity contribution >= 4 is 11.4 Å². The van der Waals surface area contributed by atoms with Gasteiger partial charge < -0.3 is 20.5 Å². The Bertz CT molecular complexity index is 421. The molecule has 106 valence electrons. The van der Waals surface area contributed by atoms with E-state index in [0.29, 0.717) is 17.7 Å². The molecule has 3 N–H and O–H groups in total. The van der Waals surface area contributed by atoms with E-state index < -0.39 is 0 Å². The normalized spacial score (nSPS) is 22.7. The van der Waals surface area contributed by atoms with Crippen LogP contribution in [0.1, 0.15) is 27.2 Å². The van der Waals surface area contributed by atoms with Gasteiger partial charge in [0.2, 0.25) is 0 Å². The number of nitrogen functional groups attached to an aromatic ring is 1.